The number of piperidine rings is 1. The SMILES string of the molecule is CN(c1ccc2c(n1)OCc1cc(-n3ccnc3)ccc1-2)[C@@H]1C[C@H]2CC[C@@H](C1)N2. The highest BCUT2D eigenvalue weighted by Crippen LogP contribution is 2.39. The highest BCUT2D eigenvalue weighted by molar-refractivity contribution is 5.75. The van der Waals surface area contributed by atoms with Crippen molar-refractivity contribution in [3.8, 4) is 22.7 Å². The minimum Gasteiger partial charge on any atom is -0.472 e. The molecule has 148 valence electrons. The number of nitrogens with one attached hydrogen (secondary N) is 1. The van der Waals surface area contributed by atoms with Gasteiger partial charge in [-0.15, -0.1) is 0 Å². The van der Waals surface area contributed by atoms with Crippen LogP contribution in [-0.2, 0) is 6.61 Å². The number of hydrogen-bond acceptors (Lipinski definition) is 5. The first-order chi connectivity index (χ1) is 14.2. The molecule has 0 aliphatic carbocycles. The third-order valence-corrected chi connectivity index (χ3v) is 6.75. The van der Waals surface area contributed by atoms with Gasteiger partial charge in [0.15, 0.2) is 0 Å². The van der Waals surface area contributed by atoms with Crippen LogP contribution in [0.25, 0.3) is 16.8 Å². The lowest BCUT2D eigenvalue weighted by molar-refractivity contribution is 0.289. The van der Waals surface area contributed by atoms with Crippen LogP contribution in [0.15, 0.2) is 49.1 Å². The Hall–Kier alpha value is -2.86. The number of benzene rings is 1. The molecule has 6 heteroatoms. The van der Waals surface area contributed by atoms with Gasteiger partial charge in [-0.25, -0.2) is 4.98 Å². The van der Waals surface area contributed by atoms with Crippen LogP contribution in [0, 0.1) is 0 Å². The molecule has 0 radical (unpaired) electrons. The molecular formula is C23H25N5O. The second-order valence-corrected chi connectivity index (χ2v) is 8.50. The predicted octanol–water partition coefficient (Wildman–Crippen LogP) is 3.55. The molecule has 2 saturated heterocycles. The minimum absolute atomic E-state index is 0.544. The van der Waals surface area contributed by atoms with Crippen molar-refractivity contribution in [2.24, 2.45) is 0 Å². The summed E-state index contributed by atoms with van der Waals surface area (Å²) < 4.78 is 8.09. The van der Waals surface area contributed by atoms with Crippen molar-refractivity contribution in [1.82, 2.24) is 19.9 Å². The van der Waals surface area contributed by atoms with Crippen molar-refractivity contribution in [3.63, 3.8) is 0 Å². The monoisotopic (exact) mass is 387 g/mol. The van der Waals surface area contributed by atoms with Gasteiger partial charge >= 0.3 is 0 Å². The van der Waals surface area contributed by atoms with E-state index in [1.165, 1.54) is 36.8 Å². The molecule has 2 fully saturated rings. The first kappa shape index (κ1) is 17.0. The molecule has 3 atom stereocenters. The predicted molar refractivity (Wildman–Crippen MR) is 112 cm³/mol. The summed E-state index contributed by atoms with van der Waals surface area (Å²) in [7, 11) is 2.18. The first-order valence-corrected chi connectivity index (χ1v) is 10.5. The third kappa shape index (κ3) is 2.90. The Kier molecular flexibility index (Phi) is 3.87. The standard InChI is InChI=1S/C23H25N5O/c1-27(19-11-16-2-3-17(12-19)25-16)22-7-6-21-20-5-4-18(28-9-8-24-14-28)10-15(20)13-29-23(21)26-22/h4-10,14,16-17,19,25H,2-3,11-13H2,1H3/t16-,17+,19-. The van der Waals surface area contributed by atoms with E-state index in [-0.39, 0.29) is 0 Å². The van der Waals surface area contributed by atoms with Crippen molar-refractivity contribution in [2.45, 2.75) is 50.4 Å². The molecule has 29 heavy (non-hydrogen) atoms. The number of pyridine rings is 1. The third-order valence-electron chi connectivity index (χ3n) is 6.75. The molecule has 3 aromatic rings. The van der Waals surface area contributed by atoms with Gasteiger partial charge in [-0.1, -0.05) is 6.07 Å². The van der Waals surface area contributed by atoms with Gasteiger partial charge < -0.3 is 19.5 Å². The largest absolute Gasteiger partial charge is 0.472 e. The van der Waals surface area contributed by atoms with E-state index in [0.717, 1.165) is 22.9 Å². The van der Waals surface area contributed by atoms with E-state index in [9.17, 15) is 0 Å². The molecule has 5 heterocycles. The number of hydrogen-bond donors (Lipinski definition) is 1. The number of aromatic nitrogens is 3. The second-order valence-electron chi connectivity index (χ2n) is 8.50. The molecule has 1 N–H and O–H groups in total. The van der Waals surface area contributed by atoms with Gasteiger partial charge in [0.1, 0.15) is 12.4 Å². The van der Waals surface area contributed by atoms with Gasteiger partial charge in [-0.3, -0.25) is 0 Å². The summed E-state index contributed by atoms with van der Waals surface area (Å²) in [6.07, 6.45) is 10.6. The Labute approximate surface area is 170 Å². The van der Waals surface area contributed by atoms with E-state index in [4.69, 9.17) is 9.72 Å². The smallest absolute Gasteiger partial charge is 0.223 e. The van der Waals surface area contributed by atoms with Gasteiger partial charge in [0.2, 0.25) is 5.88 Å². The zero-order chi connectivity index (χ0) is 19.4. The van der Waals surface area contributed by atoms with Gasteiger partial charge in [-0.2, -0.15) is 4.98 Å². The van der Waals surface area contributed by atoms with Gasteiger partial charge in [0.25, 0.3) is 0 Å². The maximum atomic E-state index is 6.08. The average Bonchev–Trinajstić information content (AvgIpc) is 3.42. The Balaban J connectivity index is 1.29. The average molecular weight is 387 g/mol. The van der Waals surface area contributed by atoms with Crippen LogP contribution in [0.2, 0.25) is 0 Å². The normalized spacial score (nSPS) is 24.5. The number of ether oxygens (including phenoxy) is 1. The van der Waals surface area contributed by atoms with Crippen LogP contribution in [-0.4, -0.2) is 39.7 Å². The van der Waals surface area contributed by atoms with Crippen LogP contribution >= 0.6 is 0 Å². The molecule has 2 bridgehead atoms. The van der Waals surface area contributed by atoms with Crippen molar-refractivity contribution >= 4 is 5.82 Å². The Bertz CT molecular complexity index is 1040. The van der Waals surface area contributed by atoms with Crippen molar-refractivity contribution in [1.29, 1.82) is 0 Å². The van der Waals surface area contributed by atoms with Gasteiger partial charge in [0, 0.05) is 48.8 Å². The highest BCUT2D eigenvalue weighted by Gasteiger charge is 2.35. The fourth-order valence-corrected chi connectivity index (χ4v) is 5.15. The number of imidazole rings is 1. The Morgan fingerprint density at radius 1 is 1.10 bits per heavy atom. The van der Waals surface area contributed by atoms with Crippen LogP contribution < -0.4 is 15.0 Å². The number of fused-ring (bicyclic) bond motifs is 5. The summed E-state index contributed by atoms with van der Waals surface area (Å²) in [5.74, 6) is 1.75. The fourth-order valence-electron chi connectivity index (χ4n) is 5.15. The van der Waals surface area contributed by atoms with Crippen LogP contribution in [0.1, 0.15) is 31.2 Å². The number of nitrogens with zero attached hydrogens (tertiary/aromatic N) is 4. The summed E-state index contributed by atoms with van der Waals surface area (Å²) >= 11 is 0. The zero-order valence-corrected chi connectivity index (χ0v) is 16.6. The molecule has 0 unspecified atom stereocenters. The van der Waals surface area contributed by atoms with Crippen molar-refractivity contribution < 1.29 is 4.74 Å². The topological polar surface area (TPSA) is 55.2 Å². The van der Waals surface area contributed by atoms with E-state index < -0.39 is 0 Å². The van der Waals surface area contributed by atoms with Crippen LogP contribution in [0.4, 0.5) is 5.82 Å². The fraction of sp³-hybridized carbons (Fsp3) is 0.391. The summed E-state index contributed by atoms with van der Waals surface area (Å²) in [5, 5.41) is 3.72. The second kappa shape index (κ2) is 6.59. The van der Waals surface area contributed by atoms with E-state index in [1.807, 2.05) is 17.1 Å². The summed E-state index contributed by atoms with van der Waals surface area (Å²) in [4.78, 5) is 11.4. The lowest BCUT2D eigenvalue weighted by Gasteiger charge is -2.36. The van der Waals surface area contributed by atoms with Gasteiger partial charge in [0.05, 0.1) is 6.33 Å². The Morgan fingerprint density at radius 2 is 1.93 bits per heavy atom. The van der Waals surface area contributed by atoms with Crippen LogP contribution in [0.3, 0.4) is 0 Å². The maximum Gasteiger partial charge on any atom is 0.223 e. The van der Waals surface area contributed by atoms with Crippen molar-refractivity contribution in [3.05, 3.63) is 54.6 Å². The quantitative estimate of drug-likeness (QED) is 0.745. The number of rotatable bonds is 3. The van der Waals surface area contributed by atoms with E-state index in [0.29, 0.717) is 24.7 Å². The maximum absolute atomic E-state index is 6.08. The van der Waals surface area contributed by atoms with E-state index >= 15 is 0 Å². The van der Waals surface area contributed by atoms with E-state index in [1.54, 1.807) is 6.20 Å². The Morgan fingerprint density at radius 3 is 2.72 bits per heavy atom. The first-order valence-electron chi connectivity index (χ1n) is 10.5. The van der Waals surface area contributed by atoms with Gasteiger partial charge in [-0.05, 0) is 61.1 Å². The lowest BCUT2D eigenvalue weighted by Crippen LogP contribution is -2.47. The molecule has 6 rings (SSSR count). The lowest BCUT2D eigenvalue weighted by atomic mass is 9.97. The molecule has 1 aromatic carbocycles. The molecule has 0 spiro atoms. The minimum atomic E-state index is 0.544. The highest BCUT2D eigenvalue weighted by atomic mass is 16.5. The van der Waals surface area contributed by atoms with Crippen LogP contribution in [0.5, 0.6) is 5.88 Å². The molecule has 0 amide bonds. The zero-order valence-electron chi connectivity index (χ0n) is 16.6. The number of anilines is 1. The molecule has 3 aliphatic rings. The summed E-state index contributed by atoms with van der Waals surface area (Å²) in [5.41, 5.74) is 4.56. The molecule has 3 aliphatic heterocycles. The van der Waals surface area contributed by atoms with Crippen molar-refractivity contribution in [2.75, 3.05) is 11.9 Å². The summed E-state index contributed by atoms with van der Waals surface area (Å²) in [6.45, 7) is 0.544. The molecular weight excluding hydrogens is 362 g/mol. The summed E-state index contributed by atoms with van der Waals surface area (Å²) in [6, 6.07) is 12.7. The molecule has 2 aromatic heterocycles. The molecule has 0 saturated carbocycles. The van der Waals surface area contributed by atoms with E-state index in [2.05, 4.69) is 52.6 Å². The molecule has 6 nitrogen and oxygen atoms in total.